The Morgan fingerprint density at radius 2 is 2.06 bits per heavy atom. The van der Waals surface area contributed by atoms with Gasteiger partial charge in [0.15, 0.2) is 0 Å². The highest BCUT2D eigenvalue weighted by molar-refractivity contribution is 5.79. The molecule has 1 N–H and O–H groups in total. The lowest BCUT2D eigenvalue weighted by molar-refractivity contribution is -0.131. The second-order valence-corrected chi connectivity index (χ2v) is 3.93. The van der Waals surface area contributed by atoms with Crippen LogP contribution >= 0.6 is 0 Å². The van der Waals surface area contributed by atoms with Crippen LogP contribution in [0.3, 0.4) is 0 Å². The zero-order chi connectivity index (χ0) is 12.7. The summed E-state index contributed by atoms with van der Waals surface area (Å²) < 4.78 is 5.37. The van der Waals surface area contributed by atoms with E-state index >= 15 is 0 Å². The minimum absolute atomic E-state index is 0.273. The van der Waals surface area contributed by atoms with E-state index in [1.54, 1.807) is 0 Å². The molecule has 0 aromatic heterocycles. The number of hydrogen-bond donors (Lipinski definition) is 1. The van der Waals surface area contributed by atoms with Crippen molar-refractivity contribution in [2.45, 2.75) is 26.2 Å². The van der Waals surface area contributed by atoms with Gasteiger partial charge in [-0.25, -0.2) is 4.79 Å². The van der Waals surface area contributed by atoms with Crippen LogP contribution in [0.5, 0.6) is 5.75 Å². The van der Waals surface area contributed by atoms with Gasteiger partial charge in [0.05, 0.1) is 0 Å². The number of carboxylic acid groups (broad SMARTS) is 1. The minimum atomic E-state index is -0.958. The Hall–Kier alpha value is -1.77. The Bertz CT molecular complexity index is 379. The normalized spacial score (nSPS) is 12.6. The summed E-state index contributed by atoms with van der Waals surface area (Å²) in [6, 6.07) is 7.92. The summed E-state index contributed by atoms with van der Waals surface area (Å²) in [7, 11) is 0. The van der Waals surface area contributed by atoms with Crippen LogP contribution in [0.4, 0.5) is 0 Å². The quantitative estimate of drug-likeness (QED) is 0.769. The van der Waals surface area contributed by atoms with E-state index in [2.05, 4.69) is 13.8 Å². The lowest BCUT2D eigenvalue weighted by atomic mass is 9.99. The summed E-state index contributed by atoms with van der Waals surface area (Å²) in [5.41, 5.74) is 1.29. The highest BCUT2D eigenvalue weighted by Gasteiger charge is 2.02. The van der Waals surface area contributed by atoms with Gasteiger partial charge in [-0.2, -0.15) is 0 Å². The number of carbonyl (C=O) groups is 1. The first kappa shape index (κ1) is 13.3. The van der Waals surface area contributed by atoms with Crippen molar-refractivity contribution < 1.29 is 14.6 Å². The number of ether oxygens (including phenoxy) is 1. The number of aliphatic carboxylic acids is 1. The summed E-state index contributed by atoms with van der Waals surface area (Å²) in [6.45, 7) is 4.62. The van der Waals surface area contributed by atoms with E-state index in [9.17, 15) is 4.79 Å². The fourth-order valence-corrected chi connectivity index (χ4v) is 1.42. The largest absolute Gasteiger partial charge is 0.490 e. The highest BCUT2D eigenvalue weighted by Crippen LogP contribution is 2.21. The average Bonchev–Trinajstić information content (AvgIpc) is 2.34. The predicted molar refractivity (Wildman–Crippen MR) is 67.4 cm³/mol. The molecule has 1 aromatic carbocycles. The molecular weight excluding hydrogens is 216 g/mol. The summed E-state index contributed by atoms with van der Waals surface area (Å²) in [5.74, 6) is 0.351. The summed E-state index contributed by atoms with van der Waals surface area (Å²) in [4.78, 5) is 10.2. The van der Waals surface area contributed by atoms with Crippen LogP contribution in [0, 0.1) is 0 Å². The van der Waals surface area contributed by atoms with Crippen molar-refractivity contribution in [3.05, 3.63) is 42.0 Å². The van der Waals surface area contributed by atoms with Crippen LogP contribution in [-0.2, 0) is 4.79 Å². The highest BCUT2D eigenvalue weighted by atomic mass is 16.5. The molecule has 3 nitrogen and oxygen atoms in total. The van der Waals surface area contributed by atoms with Crippen molar-refractivity contribution in [2.75, 3.05) is 6.61 Å². The second kappa shape index (κ2) is 6.74. The fraction of sp³-hybridized carbons (Fsp3) is 0.357. The molecule has 0 spiro atoms. The first-order valence-electron chi connectivity index (χ1n) is 5.75. The summed E-state index contributed by atoms with van der Waals surface area (Å²) >= 11 is 0. The van der Waals surface area contributed by atoms with Gasteiger partial charge in [-0.05, 0) is 36.1 Å². The molecule has 17 heavy (non-hydrogen) atoms. The van der Waals surface area contributed by atoms with Gasteiger partial charge in [-0.3, -0.25) is 0 Å². The summed E-state index contributed by atoms with van der Waals surface area (Å²) in [5, 5.41) is 8.39. The third kappa shape index (κ3) is 4.72. The molecule has 0 heterocycles. The van der Waals surface area contributed by atoms with Gasteiger partial charge in [0, 0.05) is 6.08 Å². The molecule has 1 rings (SSSR count). The zero-order valence-corrected chi connectivity index (χ0v) is 10.2. The van der Waals surface area contributed by atoms with Crippen molar-refractivity contribution in [1.29, 1.82) is 0 Å². The molecule has 1 atom stereocenters. The van der Waals surface area contributed by atoms with E-state index in [0.717, 1.165) is 18.2 Å². The van der Waals surface area contributed by atoms with E-state index in [4.69, 9.17) is 9.84 Å². The molecule has 92 valence electrons. The van der Waals surface area contributed by atoms with E-state index in [1.807, 2.05) is 24.3 Å². The van der Waals surface area contributed by atoms with Gasteiger partial charge in [-0.1, -0.05) is 26.0 Å². The monoisotopic (exact) mass is 234 g/mol. The third-order valence-electron chi connectivity index (χ3n) is 2.67. The molecule has 0 aliphatic carbocycles. The minimum Gasteiger partial charge on any atom is -0.490 e. The SMILES string of the molecule is CCC(C)c1ccc(OC/C=C/C(=O)O)cc1. The van der Waals surface area contributed by atoms with Crippen LogP contribution in [0.25, 0.3) is 0 Å². The number of hydrogen-bond acceptors (Lipinski definition) is 2. The van der Waals surface area contributed by atoms with Crippen LogP contribution in [-0.4, -0.2) is 17.7 Å². The smallest absolute Gasteiger partial charge is 0.328 e. The number of benzene rings is 1. The Morgan fingerprint density at radius 3 is 2.59 bits per heavy atom. The van der Waals surface area contributed by atoms with Crippen molar-refractivity contribution in [3.8, 4) is 5.75 Å². The molecule has 0 aliphatic rings. The lowest BCUT2D eigenvalue weighted by Gasteiger charge is -2.09. The Kier molecular flexibility index (Phi) is 5.27. The topological polar surface area (TPSA) is 46.5 Å². The van der Waals surface area contributed by atoms with Gasteiger partial charge >= 0.3 is 5.97 Å². The van der Waals surface area contributed by atoms with Gasteiger partial charge in [0.25, 0.3) is 0 Å². The maximum atomic E-state index is 10.2. The molecule has 0 saturated carbocycles. The molecule has 0 bridgehead atoms. The van der Waals surface area contributed by atoms with E-state index in [-0.39, 0.29) is 6.61 Å². The standard InChI is InChI=1S/C14H18O3/c1-3-11(2)12-6-8-13(9-7-12)17-10-4-5-14(15)16/h4-9,11H,3,10H2,1-2H3,(H,15,16)/b5-4+. The molecule has 1 aromatic rings. The van der Waals surface area contributed by atoms with Crippen LogP contribution < -0.4 is 4.74 Å². The number of carboxylic acids is 1. The molecule has 3 heteroatoms. The first-order valence-corrected chi connectivity index (χ1v) is 5.75. The maximum Gasteiger partial charge on any atom is 0.328 e. The maximum absolute atomic E-state index is 10.2. The van der Waals surface area contributed by atoms with Crippen molar-refractivity contribution >= 4 is 5.97 Å². The molecule has 1 unspecified atom stereocenters. The fourth-order valence-electron chi connectivity index (χ4n) is 1.42. The van der Waals surface area contributed by atoms with Gasteiger partial charge in [0.2, 0.25) is 0 Å². The van der Waals surface area contributed by atoms with Crippen LogP contribution in [0.2, 0.25) is 0 Å². The van der Waals surface area contributed by atoms with E-state index in [0.29, 0.717) is 5.92 Å². The van der Waals surface area contributed by atoms with Crippen LogP contribution in [0.1, 0.15) is 31.7 Å². The molecule has 0 saturated heterocycles. The Balaban J connectivity index is 2.48. The lowest BCUT2D eigenvalue weighted by Crippen LogP contribution is -1.96. The average molecular weight is 234 g/mol. The Labute approximate surface area is 102 Å². The third-order valence-corrected chi connectivity index (χ3v) is 2.67. The van der Waals surface area contributed by atoms with Crippen molar-refractivity contribution in [3.63, 3.8) is 0 Å². The zero-order valence-electron chi connectivity index (χ0n) is 10.2. The Morgan fingerprint density at radius 1 is 1.41 bits per heavy atom. The van der Waals surface area contributed by atoms with E-state index in [1.165, 1.54) is 11.6 Å². The molecule has 0 radical (unpaired) electrons. The van der Waals surface area contributed by atoms with Crippen LogP contribution in [0.15, 0.2) is 36.4 Å². The molecule has 0 amide bonds. The summed E-state index contributed by atoms with van der Waals surface area (Å²) in [6.07, 6.45) is 3.67. The first-order chi connectivity index (χ1) is 8.13. The van der Waals surface area contributed by atoms with Gasteiger partial charge in [-0.15, -0.1) is 0 Å². The molecule has 0 aliphatic heterocycles. The van der Waals surface area contributed by atoms with Gasteiger partial charge < -0.3 is 9.84 Å². The van der Waals surface area contributed by atoms with Crippen molar-refractivity contribution in [2.24, 2.45) is 0 Å². The van der Waals surface area contributed by atoms with Gasteiger partial charge in [0.1, 0.15) is 12.4 Å². The number of rotatable bonds is 6. The predicted octanol–water partition coefficient (Wildman–Crippen LogP) is 3.22. The van der Waals surface area contributed by atoms with Crippen molar-refractivity contribution in [1.82, 2.24) is 0 Å². The van der Waals surface area contributed by atoms with E-state index < -0.39 is 5.97 Å². The molecular formula is C14H18O3. The second-order valence-electron chi connectivity index (χ2n) is 3.93. The molecule has 0 fully saturated rings.